The molecule has 1 fully saturated rings. The van der Waals surface area contributed by atoms with E-state index >= 15 is 0 Å². The molecular weight excluding hydrogens is 222 g/mol. The standard InChI is InChI=1S/C16H21NO/c1-16(8-3-9-17-11-16)15(18)14-7-6-12-4-2-5-13(12)10-14/h6-7,10,17H,2-5,8-9,11H2,1H3. The van der Waals surface area contributed by atoms with Crippen LogP contribution in [0.15, 0.2) is 18.2 Å². The third kappa shape index (κ3) is 1.99. The molecule has 0 radical (unpaired) electrons. The van der Waals surface area contributed by atoms with Gasteiger partial charge >= 0.3 is 0 Å². The molecule has 1 unspecified atom stereocenters. The van der Waals surface area contributed by atoms with Crippen LogP contribution in [0.25, 0.3) is 0 Å². The Hall–Kier alpha value is -1.15. The van der Waals surface area contributed by atoms with Crippen LogP contribution in [-0.4, -0.2) is 18.9 Å². The zero-order chi connectivity index (χ0) is 12.6. The van der Waals surface area contributed by atoms with Gasteiger partial charge in [0.25, 0.3) is 0 Å². The highest BCUT2D eigenvalue weighted by molar-refractivity contribution is 6.00. The number of ketones is 1. The third-order valence-corrected chi connectivity index (χ3v) is 4.51. The van der Waals surface area contributed by atoms with E-state index in [9.17, 15) is 4.79 Å². The Morgan fingerprint density at radius 2 is 2.06 bits per heavy atom. The molecule has 2 aliphatic rings. The normalized spacial score (nSPS) is 26.9. The summed E-state index contributed by atoms with van der Waals surface area (Å²) >= 11 is 0. The minimum absolute atomic E-state index is 0.203. The van der Waals surface area contributed by atoms with Crippen LogP contribution in [-0.2, 0) is 12.8 Å². The second-order valence-electron chi connectivity index (χ2n) is 6.01. The van der Waals surface area contributed by atoms with Crippen LogP contribution >= 0.6 is 0 Å². The van der Waals surface area contributed by atoms with Gasteiger partial charge in [-0.15, -0.1) is 0 Å². The lowest BCUT2D eigenvalue weighted by Crippen LogP contribution is -2.43. The molecule has 2 heteroatoms. The van der Waals surface area contributed by atoms with Crippen LogP contribution < -0.4 is 5.32 Å². The molecule has 0 aromatic heterocycles. The minimum atomic E-state index is -0.203. The molecule has 96 valence electrons. The second-order valence-corrected chi connectivity index (χ2v) is 6.01. The Balaban J connectivity index is 1.88. The predicted octanol–water partition coefficient (Wildman–Crippen LogP) is 2.75. The van der Waals surface area contributed by atoms with E-state index in [1.807, 2.05) is 6.07 Å². The molecule has 18 heavy (non-hydrogen) atoms. The highest BCUT2D eigenvalue weighted by Gasteiger charge is 2.35. The Labute approximate surface area is 109 Å². The fourth-order valence-electron chi connectivity index (χ4n) is 3.31. The maximum atomic E-state index is 12.7. The lowest BCUT2D eigenvalue weighted by Gasteiger charge is -2.32. The van der Waals surface area contributed by atoms with Crippen LogP contribution in [0.5, 0.6) is 0 Å². The first kappa shape index (κ1) is 11.9. The molecule has 3 rings (SSSR count). The topological polar surface area (TPSA) is 29.1 Å². The maximum absolute atomic E-state index is 12.7. The number of fused-ring (bicyclic) bond motifs is 1. The van der Waals surface area contributed by atoms with Gasteiger partial charge < -0.3 is 5.32 Å². The van der Waals surface area contributed by atoms with Crippen molar-refractivity contribution in [3.05, 3.63) is 34.9 Å². The number of rotatable bonds is 2. The average Bonchev–Trinajstić information content (AvgIpc) is 2.86. The average molecular weight is 243 g/mol. The van der Waals surface area contributed by atoms with E-state index in [1.165, 1.54) is 24.0 Å². The predicted molar refractivity (Wildman–Crippen MR) is 73.0 cm³/mol. The summed E-state index contributed by atoms with van der Waals surface area (Å²) in [5.74, 6) is 0.324. The monoisotopic (exact) mass is 243 g/mol. The molecule has 0 amide bonds. The fraction of sp³-hybridized carbons (Fsp3) is 0.562. The molecular formula is C16H21NO. The van der Waals surface area contributed by atoms with Crippen LogP contribution in [0.2, 0.25) is 0 Å². The smallest absolute Gasteiger partial charge is 0.170 e. The molecule has 1 aliphatic carbocycles. The molecule has 0 saturated carbocycles. The van der Waals surface area contributed by atoms with Gasteiger partial charge in [0.15, 0.2) is 5.78 Å². The second kappa shape index (κ2) is 4.51. The lowest BCUT2D eigenvalue weighted by molar-refractivity contribution is 0.0773. The van der Waals surface area contributed by atoms with E-state index in [-0.39, 0.29) is 5.41 Å². The molecule has 2 nitrogen and oxygen atoms in total. The SMILES string of the molecule is CC1(C(=O)c2ccc3c(c2)CCC3)CCCNC1. The first-order valence-corrected chi connectivity index (χ1v) is 7.06. The lowest BCUT2D eigenvalue weighted by atomic mass is 9.76. The van der Waals surface area contributed by atoms with Crippen molar-refractivity contribution in [3.8, 4) is 0 Å². The largest absolute Gasteiger partial charge is 0.316 e. The highest BCUT2D eigenvalue weighted by Crippen LogP contribution is 2.31. The van der Waals surface area contributed by atoms with Crippen LogP contribution in [0.3, 0.4) is 0 Å². The first-order valence-electron chi connectivity index (χ1n) is 7.06. The number of hydrogen-bond acceptors (Lipinski definition) is 2. The van der Waals surface area contributed by atoms with E-state index in [2.05, 4.69) is 24.4 Å². The minimum Gasteiger partial charge on any atom is -0.316 e. The number of hydrogen-bond donors (Lipinski definition) is 1. The van der Waals surface area contributed by atoms with Gasteiger partial charge in [0.1, 0.15) is 0 Å². The van der Waals surface area contributed by atoms with Crippen LogP contribution in [0, 0.1) is 5.41 Å². The number of benzene rings is 1. The Kier molecular flexibility index (Phi) is 2.98. The summed E-state index contributed by atoms with van der Waals surface area (Å²) in [4.78, 5) is 12.7. The van der Waals surface area contributed by atoms with E-state index in [0.717, 1.165) is 37.9 Å². The zero-order valence-corrected chi connectivity index (χ0v) is 11.1. The molecule has 1 aromatic rings. The zero-order valence-electron chi connectivity index (χ0n) is 11.1. The Bertz CT molecular complexity index is 472. The van der Waals surface area contributed by atoms with E-state index in [1.54, 1.807) is 0 Å². The summed E-state index contributed by atoms with van der Waals surface area (Å²) in [7, 11) is 0. The van der Waals surface area contributed by atoms with Gasteiger partial charge in [0.2, 0.25) is 0 Å². The van der Waals surface area contributed by atoms with Crippen molar-refractivity contribution < 1.29 is 4.79 Å². The summed E-state index contributed by atoms with van der Waals surface area (Å²) < 4.78 is 0. The Morgan fingerprint density at radius 1 is 1.22 bits per heavy atom. The van der Waals surface area contributed by atoms with Crippen molar-refractivity contribution in [2.75, 3.05) is 13.1 Å². The number of piperidine rings is 1. The summed E-state index contributed by atoms with van der Waals surface area (Å²) in [5.41, 5.74) is 3.55. The molecule has 0 spiro atoms. The summed E-state index contributed by atoms with van der Waals surface area (Å²) in [6, 6.07) is 6.34. The molecule has 1 N–H and O–H groups in total. The third-order valence-electron chi connectivity index (χ3n) is 4.51. The van der Waals surface area contributed by atoms with Crippen molar-refractivity contribution in [2.24, 2.45) is 5.41 Å². The summed E-state index contributed by atoms with van der Waals surface area (Å²) in [6.07, 6.45) is 5.68. The van der Waals surface area contributed by atoms with Gasteiger partial charge in [0, 0.05) is 17.5 Å². The maximum Gasteiger partial charge on any atom is 0.170 e. The summed E-state index contributed by atoms with van der Waals surface area (Å²) in [6.45, 7) is 3.98. The van der Waals surface area contributed by atoms with Gasteiger partial charge in [0.05, 0.1) is 0 Å². The Morgan fingerprint density at radius 3 is 2.83 bits per heavy atom. The number of nitrogens with one attached hydrogen (secondary N) is 1. The summed E-state index contributed by atoms with van der Waals surface area (Å²) in [5, 5.41) is 3.36. The number of carbonyl (C=O) groups is 1. The van der Waals surface area contributed by atoms with Crippen molar-refractivity contribution in [1.82, 2.24) is 5.32 Å². The number of aryl methyl sites for hydroxylation is 2. The van der Waals surface area contributed by atoms with Gasteiger partial charge in [-0.3, -0.25) is 4.79 Å². The number of carbonyl (C=O) groups excluding carboxylic acids is 1. The van der Waals surface area contributed by atoms with Crippen molar-refractivity contribution >= 4 is 5.78 Å². The quantitative estimate of drug-likeness (QED) is 0.809. The van der Waals surface area contributed by atoms with Crippen LogP contribution in [0.4, 0.5) is 0 Å². The van der Waals surface area contributed by atoms with Crippen molar-refractivity contribution in [3.63, 3.8) is 0 Å². The van der Waals surface area contributed by atoms with E-state index in [0.29, 0.717) is 5.78 Å². The van der Waals surface area contributed by atoms with Crippen LogP contribution in [0.1, 0.15) is 47.7 Å². The van der Waals surface area contributed by atoms with Crippen molar-refractivity contribution in [1.29, 1.82) is 0 Å². The highest BCUT2D eigenvalue weighted by atomic mass is 16.1. The first-order chi connectivity index (χ1) is 8.69. The molecule has 1 aliphatic heterocycles. The van der Waals surface area contributed by atoms with Gasteiger partial charge in [-0.1, -0.05) is 19.1 Å². The molecule has 1 heterocycles. The van der Waals surface area contributed by atoms with Gasteiger partial charge in [-0.05, 0) is 55.8 Å². The number of Topliss-reactive ketones (excluding diaryl/α,β-unsaturated/α-hetero) is 1. The molecule has 1 atom stereocenters. The fourth-order valence-corrected chi connectivity index (χ4v) is 3.31. The molecule has 1 aromatic carbocycles. The molecule has 0 bridgehead atoms. The van der Waals surface area contributed by atoms with Gasteiger partial charge in [-0.2, -0.15) is 0 Å². The molecule has 1 saturated heterocycles. The van der Waals surface area contributed by atoms with E-state index in [4.69, 9.17) is 0 Å². The van der Waals surface area contributed by atoms with E-state index < -0.39 is 0 Å². The van der Waals surface area contributed by atoms with Gasteiger partial charge in [-0.25, -0.2) is 0 Å². The van der Waals surface area contributed by atoms with Crippen molar-refractivity contribution in [2.45, 2.75) is 39.0 Å².